The summed E-state index contributed by atoms with van der Waals surface area (Å²) in [5, 5.41) is 0. The molecule has 1 aliphatic rings. The first kappa shape index (κ1) is 23.5. The van der Waals surface area contributed by atoms with Crippen LogP contribution in [0.15, 0.2) is 11.6 Å². The van der Waals surface area contributed by atoms with Gasteiger partial charge in [0, 0.05) is 17.5 Å². The summed E-state index contributed by atoms with van der Waals surface area (Å²) >= 11 is 5.70. The molecule has 0 bridgehead atoms. The number of methoxy groups -OCH3 is 2. The van der Waals surface area contributed by atoms with E-state index in [0.717, 1.165) is 11.1 Å². The number of carbonyl (C=O) groups is 3. The van der Waals surface area contributed by atoms with Gasteiger partial charge >= 0.3 is 18.1 Å². The third-order valence-corrected chi connectivity index (χ3v) is 4.77. The number of cyclic esters (lactones) is 1. The highest BCUT2D eigenvalue weighted by molar-refractivity contribution is 6.19. The maximum Gasteiger partial charge on any atom is 0.515 e. The molecule has 0 fully saturated rings. The van der Waals surface area contributed by atoms with E-state index in [9.17, 15) is 14.4 Å². The Morgan fingerprint density at radius 3 is 2.53 bits per heavy atom. The first-order valence-electron chi connectivity index (χ1n) is 9.33. The zero-order chi connectivity index (χ0) is 22.4. The van der Waals surface area contributed by atoms with Gasteiger partial charge in [0.15, 0.2) is 11.3 Å². The lowest BCUT2D eigenvalue weighted by Gasteiger charge is -2.18. The summed E-state index contributed by atoms with van der Waals surface area (Å²) in [6, 6.07) is 0. The predicted molar refractivity (Wildman–Crippen MR) is 108 cm³/mol. The molecule has 164 valence electrons. The van der Waals surface area contributed by atoms with Crippen LogP contribution >= 0.6 is 11.6 Å². The Morgan fingerprint density at radius 1 is 1.23 bits per heavy atom. The van der Waals surface area contributed by atoms with Crippen LogP contribution in [0.2, 0.25) is 0 Å². The Labute approximate surface area is 180 Å². The van der Waals surface area contributed by atoms with Gasteiger partial charge in [-0.3, -0.25) is 4.79 Å². The van der Waals surface area contributed by atoms with Crippen molar-refractivity contribution in [3.05, 3.63) is 33.9 Å². The molecule has 9 heteroatoms. The molecule has 0 aromatic heterocycles. The van der Waals surface area contributed by atoms with Gasteiger partial charge in [-0.15, -0.1) is 0 Å². The van der Waals surface area contributed by atoms with Gasteiger partial charge in [0.05, 0.1) is 14.2 Å². The SMILES string of the molecule is COC(=O)CC/C(C)=C/Cc1c(OC)c(C)c2c(c1OC(=O)OC(C)Cl)C(=O)OC2. The van der Waals surface area contributed by atoms with Crippen LogP contribution in [-0.2, 0) is 32.0 Å². The number of fused-ring (bicyclic) bond motifs is 1. The zero-order valence-electron chi connectivity index (χ0n) is 17.6. The van der Waals surface area contributed by atoms with Crippen LogP contribution in [0.4, 0.5) is 4.79 Å². The maximum atomic E-state index is 12.4. The van der Waals surface area contributed by atoms with E-state index in [1.54, 1.807) is 6.92 Å². The lowest BCUT2D eigenvalue weighted by molar-refractivity contribution is -0.140. The Hall–Kier alpha value is -2.74. The van der Waals surface area contributed by atoms with Crippen LogP contribution in [0.5, 0.6) is 11.5 Å². The molecule has 0 N–H and O–H groups in total. The molecule has 0 amide bonds. The van der Waals surface area contributed by atoms with Crippen molar-refractivity contribution >= 4 is 29.7 Å². The number of benzene rings is 1. The number of esters is 2. The van der Waals surface area contributed by atoms with Crippen LogP contribution in [-0.4, -0.2) is 37.9 Å². The number of rotatable bonds is 8. The minimum Gasteiger partial charge on any atom is -0.496 e. The monoisotopic (exact) mass is 440 g/mol. The first-order chi connectivity index (χ1) is 14.2. The second-order valence-electron chi connectivity index (χ2n) is 6.74. The second kappa shape index (κ2) is 10.3. The van der Waals surface area contributed by atoms with Crippen LogP contribution < -0.4 is 9.47 Å². The molecule has 0 aliphatic carbocycles. The van der Waals surface area contributed by atoms with E-state index < -0.39 is 17.7 Å². The smallest absolute Gasteiger partial charge is 0.496 e. The normalized spacial score (nSPS) is 13.9. The summed E-state index contributed by atoms with van der Waals surface area (Å²) < 4.78 is 25.6. The molecule has 1 aromatic rings. The summed E-state index contributed by atoms with van der Waals surface area (Å²) in [5.74, 6) is -0.399. The predicted octanol–water partition coefficient (Wildman–Crippen LogP) is 4.22. The van der Waals surface area contributed by atoms with E-state index in [4.69, 9.17) is 30.5 Å². The average molecular weight is 441 g/mol. The molecule has 0 saturated heterocycles. The molecule has 0 radical (unpaired) electrons. The van der Waals surface area contributed by atoms with Crippen molar-refractivity contribution in [2.24, 2.45) is 0 Å². The van der Waals surface area contributed by atoms with E-state index in [1.807, 2.05) is 13.0 Å². The number of hydrogen-bond acceptors (Lipinski definition) is 8. The van der Waals surface area contributed by atoms with Crippen LogP contribution in [0.3, 0.4) is 0 Å². The molecule has 30 heavy (non-hydrogen) atoms. The van der Waals surface area contributed by atoms with Gasteiger partial charge in [0.2, 0.25) is 0 Å². The number of carbonyl (C=O) groups excluding carboxylic acids is 3. The third-order valence-electron chi connectivity index (χ3n) is 4.68. The van der Waals surface area contributed by atoms with Gasteiger partial charge < -0.3 is 23.7 Å². The highest BCUT2D eigenvalue weighted by Gasteiger charge is 2.34. The standard InChI is InChI=1S/C21H25ClO8/c1-11(7-9-16(23)26-4)6-8-14-18(27-5)12(2)15-10-28-20(24)17(15)19(14)30-21(25)29-13(3)22/h6,13H,7-10H2,1-5H3/b11-6+. The van der Waals surface area contributed by atoms with Crippen molar-refractivity contribution < 1.29 is 38.1 Å². The number of ether oxygens (including phenoxy) is 5. The topological polar surface area (TPSA) is 97.4 Å². The van der Waals surface area contributed by atoms with Gasteiger partial charge in [0.25, 0.3) is 0 Å². The van der Waals surface area contributed by atoms with E-state index in [-0.39, 0.29) is 36.7 Å². The van der Waals surface area contributed by atoms with Gasteiger partial charge in [-0.05, 0) is 39.2 Å². The highest BCUT2D eigenvalue weighted by atomic mass is 35.5. The van der Waals surface area contributed by atoms with E-state index in [0.29, 0.717) is 23.3 Å². The molecule has 1 heterocycles. The Kier molecular flexibility index (Phi) is 8.11. The molecule has 1 aromatic carbocycles. The lowest BCUT2D eigenvalue weighted by atomic mass is 9.94. The van der Waals surface area contributed by atoms with E-state index in [1.165, 1.54) is 21.1 Å². The summed E-state index contributed by atoms with van der Waals surface area (Å²) in [7, 11) is 2.83. The minimum atomic E-state index is -1.04. The summed E-state index contributed by atoms with van der Waals surface area (Å²) in [5.41, 5.74) is 1.99. The summed E-state index contributed by atoms with van der Waals surface area (Å²) in [4.78, 5) is 35.8. The van der Waals surface area contributed by atoms with Crippen molar-refractivity contribution in [2.75, 3.05) is 14.2 Å². The quantitative estimate of drug-likeness (QED) is 0.195. The Morgan fingerprint density at radius 2 is 1.93 bits per heavy atom. The maximum absolute atomic E-state index is 12.4. The van der Waals surface area contributed by atoms with E-state index in [2.05, 4.69) is 4.74 Å². The van der Waals surface area contributed by atoms with Gasteiger partial charge in [0.1, 0.15) is 17.9 Å². The van der Waals surface area contributed by atoms with Crippen molar-refractivity contribution in [1.29, 1.82) is 0 Å². The molecule has 1 unspecified atom stereocenters. The van der Waals surface area contributed by atoms with Crippen molar-refractivity contribution in [3.8, 4) is 11.5 Å². The van der Waals surface area contributed by atoms with Crippen LogP contribution in [0.25, 0.3) is 0 Å². The molecule has 8 nitrogen and oxygen atoms in total. The number of halogens is 1. The molecular formula is C21H25ClO8. The lowest BCUT2D eigenvalue weighted by Crippen LogP contribution is -2.17. The molecule has 0 saturated carbocycles. The fourth-order valence-electron chi connectivity index (χ4n) is 3.14. The second-order valence-corrected chi connectivity index (χ2v) is 7.35. The molecule has 1 aliphatic heterocycles. The zero-order valence-corrected chi connectivity index (χ0v) is 18.4. The summed E-state index contributed by atoms with van der Waals surface area (Å²) in [6.45, 7) is 5.20. The number of hydrogen-bond donors (Lipinski definition) is 0. The fraction of sp³-hybridized carbons (Fsp3) is 0.476. The van der Waals surface area contributed by atoms with Crippen molar-refractivity contribution in [2.45, 2.75) is 52.2 Å². The van der Waals surface area contributed by atoms with Crippen LogP contribution in [0.1, 0.15) is 53.7 Å². The van der Waals surface area contributed by atoms with Crippen LogP contribution in [0, 0.1) is 6.92 Å². The summed E-state index contributed by atoms with van der Waals surface area (Å²) in [6.07, 6.45) is 1.86. The molecule has 2 rings (SSSR count). The average Bonchev–Trinajstić information content (AvgIpc) is 3.08. The van der Waals surface area contributed by atoms with Crippen molar-refractivity contribution in [1.82, 2.24) is 0 Å². The minimum absolute atomic E-state index is 0.0225. The van der Waals surface area contributed by atoms with Gasteiger partial charge in [-0.25, -0.2) is 9.59 Å². The van der Waals surface area contributed by atoms with Crippen molar-refractivity contribution in [3.63, 3.8) is 0 Å². The molecular weight excluding hydrogens is 416 g/mol. The number of allylic oxidation sites excluding steroid dienone is 2. The Balaban J connectivity index is 2.47. The largest absolute Gasteiger partial charge is 0.515 e. The van der Waals surface area contributed by atoms with Gasteiger partial charge in [-0.2, -0.15) is 0 Å². The molecule has 1 atom stereocenters. The number of alkyl halides is 1. The Bertz CT molecular complexity index is 872. The first-order valence-corrected chi connectivity index (χ1v) is 9.77. The van der Waals surface area contributed by atoms with E-state index >= 15 is 0 Å². The third kappa shape index (κ3) is 5.44. The van der Waals surface area contributed by atoms with Gasteiger partial charge in [-0.1, -0.05) is 23.3 Å². The fourth-order valence-corrected chi connectivity index (χ4v) is 3.21. The highest BCUT2D eigenvalue weighted by Crippen LogP contribution is 2.43. The molecule has 0 spiro atoms.